The number of carboxylic acids is 1. The minimum absolute atomic E-state index is 0.189. The van der Waals surface area contributed by atoms with Crippen LogP contribution in [0.4, 0.5) is 5.82 Å². The van der Waals surface area contributed by atoms with Crippen molar-refractivity contribution >= 4 is 17.7 Å². The summed E-state index contributed by atoms with van der Waals surface area (Å²) >= 11 is 0. The van der Waals surface area contributed by atoms with Gasteiger partial charge < -0.3 is 21.0 Å². The fourth-order valence-electron chi connectivity index (χ4n) is 1.33. The molecular weight excluding hydrogens is 232 g/mol. The van der Waals surface area contributed by atoms with Gasteiger partial charge in [-0.05, 0) is 11.8 Å². The van der Waals surface area contributed by atoms with E-state index >= 15 is 0 Å². The van der Waals surface area contributed by atoms with Crippen molar-refractivity contribution in [2.24, 2.45) is 5.73 Å². The topological polar surface area (TPSA) is 141 Å². The summed E-state index contributed by atoms with van der Waals surface area (Å²) in [5, 5.41) is 22.6. The first-order valence-corrected chi connectivity index (χ1v) is 4.58. The molecule has 0 aliphatic carbocycles. The van der Waals surface area contributed by atoms with E-state index in [0.29, 0.717) is 0 Å². The van der Waals surface area contributed by atoms with E-state index in [1.165, 1.54) is 6.92 Å². The van der Waals surface area contributed by atoms with Crippen molar-refractivity contribution in [3.63, 3.8) is 0 Å². The molecule has 92 valence electrons. The molecule has 9 nitrogen and oxygen atoms in total. The van der Waals surface area contributed by atoms with Crippen molar-refractivity contribution in [1.82, 2.24) is 9.78 Å². The van der Waals surface area contributed by atoms with Crippen LogP contribution in [0.5, 0.6) is 0 Å². The first-order valence-electron chi connectivity index (χ1n) is 4.58. The van der Waals surface area contributed by atoms with Crippen LogP contribution in [0, 0.1) is 10.1 Å². The summed E-state index contributed by atoms with van der Waals surface area (Å²) in [6, 6.07) is 0.212. The van der Waals surface area contributed by atoms with Crippen molar-refractivity contribution in [1.29, 1.82) is 0 Å². The quantitative estimate of drug-likeness (QED) is 0.546. The summed E-state index contributed by atoms with van der Waals surface area (Å²) in [4.78, 5) is 31.3. The minimum Gasteiger partial charge on any atom is -0.481 e. The zero-order valence-corrected chi connectivity index (χ0v) is 8.86. The highest BCUT2D eigenvalue weighted by atomic mass is 16.6. The zero-order valence-electron chi connectivity index (χ0n) is 8.86. The molecule has 1 rings (SSSR count). The molecule has 0 saturated carbocycles. The maximum Gasteiger partial charge on any atom is 0.390 e. The van der Waals surface area contributed by atoms with E-state index in [4.69, 9.17) is 10.8 Å². The van der Waals surface area contributed by atoms with Gasteiger partial charge in [0.1, 0.15) is 0 Å². The highest BCUT2D eigenvalue weighted by molar-refractivity contribution is 5.91. The normalized spacial score (nSPS) is 12.1. The number of rotatable bonds is 5. The van der Waals surface area contributed by atoms with Gasteiger partial charge in [0.05, 0.1) is 23.6 Å². The molecule has 1 amide bonds. The summed E-state index contributed by atoms with van der Waals surface area (Å²) in [5.74, 6) is -2.55. The summed E-state index contributed by atoms with van der Waals surface area (Å²) in [6.07, 6.45) is -0.320. The van der Waals surface area contributed by atoms with E-state index in [9.17, 15) is 19.7 Å². The highest BCUT2D eigenvalue weighted by Crippen LogP contribution is 2.18. The van der Waals surface area contributed by atoms with Crippen LogP contribution >= 0.6 is 0 Å². The molecule has 17 heavy (non-hydrogen) atoms. The molecule has 9 heteroatoms. The van der Waals surface area contributed by atoms with Crippen molar-refractivity contribution in [3.05, 3.63) is 21.9 Å². The number of nitro groups is 1. The first-order chi connectivity index (χ1) is 7.82. The molecule has 0 radical (unpaired) electrons. The van der Waals surface area contributed by atoms with E-state index in [1.54, 1.807) is 0 Å². The van der Waals surface area contributed by atoms with Gasteiger partial charge in [0.15, 0.2) is 5.69 Å². The first kappa shape index (κ1) is 12.6. The molecule has 0 fully saturated rings. The molecule has 0 spiro atoms. The van der Waals surface area contributed by atoms with Crippen LogP contribution < -0.4 is 5.73 Å². The van der Waals surface area contributed by atoms with Gasteiger partial charge in [0.25, 0.3) is 5.91 Å². The molecule has 0 aromatic carbocycles. The number of carbonyl (C=O) groups excluding carboxylic acids is 1. The van der Waals surface area contributed by atoms with Crippen LogP contribution in [-0.4, -0.2) is 31.7 Å². The molecule has 0 aliphatic rings. The number of primary amides is 1. The fourth-order valence-corrected chi connectivity index (χ4v) is 1.33. The Morgan fingerprint density at radius 3 is 2.71 bits per heavy atom. The number of carboxylic acid groups (broad SMARTS) is 1. The molecule has 3 N–H and O–H groups in total. The lowest BCUT2D eigenvalue weighted by atomic mass is 10.2. The van der Waals surface area contributed by atoms with Crippen molar-refractivity contribution in [3.8, 4) is 0 Å². The number of hydrogen-bond acceptors (Lipinski definition) is 5. The SMILES string of the molecule is CC(CC(=O)O)n1nc([N+](=O)[O-])cc1C(N)=O. The van der Waals surface area contributed by atoms with Crippen LogP contribution in [0.1, 0.15) is 29.9 Å². The maximum absolute atomic E-state index is 11.0. The lowest BCUT2D eigenvalue weighted by Gasteiger charge is -2.07. The Morgan fingerprint density at radius 1 is 1.71 bits per heavy atom. The number of nitrogens with two attached hydrogens (primary N) is 1. The molecule has 1 aromatic rings. The second-order valence-corrected chi connectivity index (χ2v) is 3.40. The Hall–Kier alpha value is -2.45. The molecular formula is C8H10N4O5. The third-order valence-corrected chi connectivity index (χ3v) is 2.05. The number of nitrogens with zero attached hydrogens (tertiary/aromatic N) is 3. The smallest absolute Gasteiger partial charge is 0.390 e. The van der Waals surface area contributed by atoms with E-state index < -0.39 is 28.7 Å². The van der Waals surface area contributed by atoms with Crippen LogP contribution in [0.15, 0.2) is 6.07 Å². The number of carbonyl (C=O) groups is 2. The minimum atomic E-state index is -1.11. The van der Waals surface area contributed by atoms with E-state index in [1.807, 2.05) is 0 Å². The summed E-state index contributed by atoms with van der Waals surface area (Å²) in [5.41, 5.74) is 4.84. The predicted molar refractivity (Wildman–Crippen MR) is 54.4 cm³/mol. The average Bonchev–Trinajstić information content (AvgIpc) is 2.60. The molecule has 1 atom stereocenters. The van der Waals surface area contributed by atoms with E-state index in [2.05, 4.69) is 5.10 Å². The Bertz CT molecular complexity index is 480. The summed E-state index contributed by atoms with van der Waals surface area (Å²) in [6.45, 7) is 1.47. The van der Waals surface area contributed by atoms with Crippen LogP contribution in [-0.2, 0) is 4.79 Å². The Labute approximate surface area is 95.0 Å². The lowest BCUT2D eigenvalue weighted by Crippen LogP contribution is -2.21. The van der Waals surface area contributed by atoms with Crippen LogP contribution in [0.2, 0.25) is 0 Å². The van der Waals surface area contributed by atoms with Crippen LogP contribution in [0.25, 0.3) is 0 Å². The largest absolute Gasteiger partial charge is 0.481 e. The zero-order chi connectivity index (χ0) is 13.2. The number of aliphatic carboxylic acids is 1. The number of hydrogen-bond donors (Lipinski definition) is 2. The Kier molecular flexibility index (Phi) is 3.41. The van der Waals surface area contributed by atoms with Gasteiger partial charge >= 0.3 is 11.8 Å². The highest BCUT2D eigenvalue weighted by Gasteiger charge is 2.26. The third-order valence-electron chi connectivity index (χ3n) is 2.05. The van der Waals surface area contributed by atoms with E-state index in [0.717, 1.165) is 10.7 Å². The predicted octanol–water partition coefficient (Wildman–Crippen LogP) is -0.0741. The van der Waals surface area contributed by atoms with Gasteiger partial charge in [0, 0.05) is 0 Å². The fraction of sp³-hybridized carbons (Fsp3) is 0.375. The van der Waals surface area contributed by atoms with Gasteiger partial charge in [0.2, 0.25) is 0 Å². The van der Waals surface area contributed by atoms with Gasteiger partial charge in [-0.1, -0.05) is 0 Å². The average molecular weight is 242 g/mol. The molecule has 1 heterocycles. The Balaban J connectivity index is 3.16. The lowest BCUT2D eigenvalue weighted by molar-refractivity contribution is -0.389. The van der Waals surface area contributed by atoms with Crippen molar-refractivity contribution < 1.29 is 19.6 Å². The molecule has 0 bridgehead atoms. The van der Waals surface area contributed by atoms with Gasteiger partial charge in [-0.15, -0.1) is 0 Å². The molecule has 1 aromatic heterocycles. The maximum atomic E-state index is 11.0. The van der Waals surface area contributed by atoms with Crippen molar-refractivity contribution in [2.45, 2.75) is 19.4 Å². The van der Waals surface area contributed by atoms with Gasteiger partial charge in [-0.2, -0.15) is 4.68 Å². The monoisotopic (exact) mass is 242 g/mol. The molecule has 0 saturated heterocycles. The molecule has 0 aliphatic heterocycles. The van der Waals surface area contributed by atoms with Crippen molar-refractivity contribution in [2.75, 3.05) is 0 Å². The van der Waals surface area contributed by atoms with E-state index in [-0.39, 0.29) is 12.1 Å². The summed E-state index contributed by atoms with van der Waals surface area (Å²) in [7, 11) is 0. The second kappa shape index (κ2) is 4.60. The van der Waals surface area contributed by atoms with Gasteiger partial charge in [-0.3, -0.25) is 9.59 Å². The van der Waals surface area contributed by atoms with Crippen LogP contribution in [0.3, 0.4) is 0 Å². The van der Waals surface area contributed by atoms with Gasteiger partial charge in [-0.25, -0.2) is 0 Å². The number of amides is 1. The second-order valence-electron chi connectivity index (χ2n) is 3.40. The third kappa shape index (κ3) is 2.77. The standard InChI is InChI=1S/C8H10N4O5/c1-4(2-7(13)14)11-5(8(9)15)3-6(10-11)12(16)17/h3-4H,2H2,1H3,(H2,9,15)(H,13,14). The number of aromatic nitrogens is 2. The summed E-state index contributed by atoms with van der Waals surface area (Å²) < 4.78 is 0.953. The molecule has 1 unspecified atom stereocenters. The Morgan fingerprint density at radius 2 is 2.29 bits per heavy atom.